The fourth-order valence-electron chi connectivity index (χ4n) is 2.40. The number of sulfonamides is 1. The number of benzene rings is 1. The van der Waals surface area contributed by atoms with E-state index in [1.165, 1.54) is 0 Å². The molecule has 1 atom stereocenters. The Balaban J connectivity index is 2.47. The van der Waals surface area contributed by atoms with Crippen molar-refractivity contribution in [1.82, 2.24) is 4.31 Å². The predicted molar refractivity (Wildman–Crippen MR) is 72.9 cm³/mol. The second-order valence-electron chi connectivity index (χ2n) is 5.37. The Bertz CT molecular complexity index is 570. The van der Waals surface area contributed by atoms with Crippen LogP contribution in [0, 0.1) is 6.92 Å². The van der Waals surface area contributed by atoms with Crippen LogP contribution < -0.4 is 0 Å². The van der Waals surface area contributed by atoms with E-state index in [9.17, 15) is 8.42 Å². The van der Waals surface area contributed by atoms with Gasteiger partial charge in [-0.15, -0.1) is 0 Å². The molecule has 0 aromatic heterocycles. The third kappa shape index (κ3) is 2.10. The Hall–Kier alpha value is -1.13. The fourth-order valence-corrected chi connectivity index (χ4v) is 4.30. The van der Waals surface area contributed by atoms with Gasteiger partial charge in [-0.25, -0.2) is 8.42 Å². The Labute approximate surface area is 109 Å². The van der Waals surface area contributed by atoms with Crippen LogP contribution in [0.2, 0.25) is 0 Å². The highest BCUT2D eigenvalue weighted by Gasteiger charge is 2.41. The zero-order valence-corrected chi connectivity index (χ0v) is 12.0. The molecular formula is C14H19NO2S. The molecule has 3 nitrogen and oxygen atoms in total. The monoisotopic (exact) mass is 265 g/mol. The minimum Gasteiger partial charge on any atom is -0.207 e. The van der Waals surface area contributed by atoms with Crippen molar-refractivity contribution >= 4 is 10.0 Å². The molecule has 4 heteroatoms. The molecule has 0 saturated heterocycles. The second kappa shape index (κ2) is 4.21. The summed E-state index contributed by atoms with van der Waals surface area (Å²) in [6.45, 7) is 7.68. The molecule has 98 valence electrons. The molecule has 0 spiro atoms. The Morgan fingerprint density at radius 1 is 1.17 bits per heavy atom. The lowest BCUT2D eigenvalue weighted by Crippen LogP contribution is -2.46. The lowest BCUT2D eigenvalue weighted by Gasteiger charge is -2.33. The summed E-state index contributed by atoms with van der Waals surface area (Å²) in [5, 5.41) is 0. The maximum Gasteiger partial charge on any atom is 0.244 e. The fraction of sp³-hybridized carbons (Fsp3) is 0.429. The number of rotatable bonds is 2. The van der Waals surface area contributed by atoms with E-state index in [0.717, 1.165) is 5.56 Å². The molecule has 0 unspecified atom stereocenters. The van der Waals surface area contributed by atoms with Crippen LogP contribution in [-0.4, -0.2) is 24.3 Å². The number of hydrogen-bond donors (Lipinski definition) is 0. The van der Waals surface area contributed by atoms with Gasteiger partial charge >= 0.3 is 0 Å². The summed E-state index contributed by atoms with van der Waals surface area (Å²) in [4.78, 5) is 0.358. The van der Waals surface area contributed by atoms with E-state index in [4.69, 9.17) is 0 Å². The summed E-state index contributed by atoms with van der Waals surface area (Å²) >= 11 is 0. The van der Waals surface area contributed by atoms with Crippen molar-refractivity contribution in [2.45, 2.75) is 44.2 Å². The van der Waals surface area contributed by atoms with Gasteiger partial charge in [-0.2, -0.15) is 4.31 Å². The van der Waals surface area contributed by atoms with Gasteiger partial charge in [-0.05, 0) is 39.8 Å². The molecule has 1 aliphatic rings. The van der Waals surface area contributed by atoms with Crippen LogP contribution in [0.1, 0.15) is 26.3 Å². The van der Waals surface area contributed by atoms with E-state index < -0.39 is 15.6 Å². The topological polar surface area (TPSA) is 37.4 Å². The smallest absolute Gasteiger partial charge is 0.207 e. The highest BCUT2D eigenvalue weighted by Crippen LogP contribution is 2.33. The lowest BCUT2D eigenvalue weighted by molar-refractivity contribution is 0.279. The normalized spacial score (nSPS) is 23.4. The molecule has 1 aromatic rings. The van der Waals surface area contributed by atoms with Gasteiger partial charge in [-0.1, -0.05) is 29.8 Å². The second-order valence-corrected chi connectivity index (χ2v) is 7.18. The van der Waals surface area contributed by atoms with Crippen molar-refractivity contribution in [3.63, 3.8) is 0 Å². The third-order valence-electron chi connectivity index (χ3n) is 3.30. The summed E-state index contributed by atoms with van der Waals surface area (Å²) in [5.41, 5.74) is 0.587. The van der Waals surface area contributed by atoms with Crippen LogP contribution in [0.5, 0.6) is 0 Å². The number of aryl methyl sites for hydroxylation is 1. The predicted octanol–water partition coefficient (Wildman–Crippen LogP) is 2.72. The minimum absolute atomic E-state index is 0.105. The van der Waals surface area contributed by atoms with Crippen molar-refractivity contribution < 1.29 is 8.42 Å². The first kappa shape index (κ1) is 13.3. The maximum atomic E-state index is 12.7. The molecule has 1 heterocycles. The molecular weight excluding hydrogens is 246 g/mol. The van der Waals surface area contributed by atoms with E-state index in [-0.39, 0.29) is 6.04 Å². The molecule has 0 N–H and O–H groups in total. The van der Waals surface area contributed by atoms with Crippen LogP contribution in [-0.2, 0) is 10.0 Å². The van der Waals surface area contributed by atoms with Gasteiger partial charge in [0.25, 0.3) is 0 Å². The van der Waals surface area contributed by atoms with Crippen molar-refractivity contribution in [3.8, 4) is 0 Å². The van der Waals surface area contributed by atoms with E-state index in [1.807, 2.05) is 52.0 Å². The third-order valence-corrected chi connectivity index (χ3v) is 5.49. The van der Waals surface area contributed by atoms with Crippen molar-refractivity contribution in [1.29, 1.82) is 0 Å². The first-order valence-electron chi connectivity index (χ1n) is 6.06. The highest BCUT2D eigenvalue weighted by molar-refractivity contribution is 7.89. The summed E-state index contributed by atoms with van der Waals surface area (Å²) in [6.07, 6.45) is 3.88. The van der Waals surface area contributed by atoms with Gasteiger partial charge in [0.2, 0.25) is 10.0 Å². The summed E-state index contributed by atoms with van der Waals surface area (Å²) < 4.78 is 26.9. The average Bonchev–Trinajstić information content (AvgIpc) is 2.53. The van der Waals surface area contributed by atoms with E-state index >= 15 is 0 Å². The van der Waals surface area contributed by atoms with Crippen molar-refractivity contribution in [3.05, 3.63) is 42.0 Å². The molecule has 0 aliphatic carbocycles. The van der Waals surface area contributed by atoms with Crippen LogP contribution in [0.25, 0.3) is 0 Å². The molecule has 0 amide bonds. The zero-order valence-electron chi connectivity index (χ0n) is 11.2. The molecule has 2 rings (SSSR count). The van der Waals surface area contributed by atoms with Gasteiger partial charge in [0.05, 0.1) is 4.90 Å². The number of hydrogen-bond acceptors (Lipinski definition) is 2. The minimum atomic E-state index is -3.44. The van der Waals surface area contributed by atoms with Crippen LogP contribution in [0.15, 0.2) is 41.3 Å². The first-order chi connectivity index (χ1) is 8.25. The quantitative estimate of drug-likeness (QED) is 0.771. The van der Waals surface area contributed by atoms with E-state index in [1.54, 1.807) is 16.4 Å². The van der Waals surface area contributed by atoms with Gasteiger partial charge in [0.15, 0.2) is 0 Å². The van der Waals surface area contributed by atoms with Gasteiger partial charge < -0.3 is 0 Å². The Morgan fingerprint density at radius 2 is 1.72 bits per heavy atom. The molecule has 0 radical (unpaired) electrons. The van der Waals surface area contributed by atoms with Crippen LogP contribution in [0.3, 0.4) is 0 Å². The standard InChI is InChI=1S/C14H19NO2S/c1-11-5-7-13(8-6-11)18(16,17)15-12(2)9-10-14(15,3)4/h5-10,12H,1-4H3/t12-/m1/s1. The molecule has 1 aliphatic heterocycles. The van der Waals surface area contributed by atoms with E-state index in [0.29, 0.717) is 4.90 Å². The first-order valence-corrected chi connectivity index (χ1v) is 7.50. The summed E-state index contributed by atoms with van der Waals surface area (Å²) in [7, 11) is -3.44. The largest absolute Gasteiger partial charge is 0.244 e. The van der Waals surface area contributed by atoms with E-state index in [2.05, 4.69) is 0 Å². The summed E-state index contributed by atoms with van der Waals surface area (Å²) in [5.74, 6) is 0. The SMILES string of the molecule is Cc1ccc(S(=O)(=O)N2[C@H](C)C=CC2(C)C)cc1. The highest BCUT2D eigenvalue weighted by atomic mass is 32.2. The maximum absolute atomic E-state index is 12.7. The van der Waals surface area contributed by atoms with Crippen LogP contribution >= 0.6 is 0 Å². The molecule has 18 heavy (non-hydrogen) atoms. The van der Waals surface area contributed by atoms with Crippen molar-refractivity contribution in [2.75, 3.05) is 0 Å². The molecule has 1 aromatic carbocycles. The van der Waals surface area contributed by atoms with Gasteiger partial charge in [0.1, 0.15) is 0 Å². The van der Waals surface area contributed by atoms with Gasteiger partial charge in [-0.3, -0.25) is 0 Å². The molecule has 0 fully saturated rings. The number of nitrogens with zero attached hydrogens (tertiary/aromatic N) is 1. The average molecular weight is 265 g/mol. The molecule has 0 saturated carbocycles. The lowest BCUT2D eigenvalue weighted by atomic mass is 10.1. The van der Waals surface area contributed by atoms with Crippen LogP contribution in [0.4, 0.5) is 0 Å². The van der Waals surface area contributed by atoms with Gasteiger partial charge in [0, 0.05) is 11.6 Å². The Kier molecular flexibility index (Phi) is 3.11. The summed E-state index contributed by atoms with van der Waals surface area (Å²) in [6, 6.07) is 6.89. The Morgan fingerprint density at radius 3 is 2.17 bits per heavy atom. The van der Waals surface area contributed by atoms with Crippen molar-refractivity contribution in [2.24, 2.45) is 0 Å². The zero-order chi connectivity index (χ0) is 13.6. The molecule has 0 bridgehead atoms.